The highest BCUT2D eigenvalue weighted by Crippen LogP contribution is 2.39. The summed E-state index contributed by atoms with van der Waals surface area (Å²) in [6, 6.07) is 6.08. The number of alkyl halides is 6. The highest BCUT2D eigenvalue weighted by atomic mass is 19.4. The quantitative estimate of drug-likeness (QED) is 0.393. The zero-order valence-corrected chi connectivity index (χ0v) is 17.4. The number of nitrogens with zero attached hydrogens (tertiary/aromatic N) is 1. The first-order valence-electron chi connectivity index (χ1n) is 9.89. The number of terminal acetylenes is 1. The molecule has 2 aromatic rings. The second-order valence-corrected chi connectivity index (χ2v) is 7.53. The van der Waals surface area contributed by atoms with Gasteiger partial charge in [0.15, 0.2) is 6.29 Å². The van der Waals surface area contributed by atoms with Crippen LogP contribution in [0, 0.1) is 18.2 Å². The SMILES string of the molecule is C#CCN1CCO[C@H](OC(C)c2cc(C(F)(F)F)cc(C(F)(F)F)c2)[C@@H]1c1ccc(F)cc1. The molecule has 1 aliphatic rings. The number of hydrogen-bond donors (Lipinski definition) is 0. The predicted molar refractivity (Wildman–Crippen MR) is 105 cm³/mol. The van der Waals surface area contributed by atoms with Crippen LogP contribution in [0.5, 0.6) is 0 Å². The highest BCUT2D eigenvalue weighted by Gasteiger charge is 2.39. The van der Waals surface area contributed by atoms with E-state index in [2.05, 4.69) is 5.92 Å². The summed E-state index contributed by atoms with van der Waals surface area (Å²) in [6.07, 6.45) is -6.78. The van der Waals surface area contributed by atoms with Gasteiger partial charge in [-0.2, -0.15) is 26.3 Å². The molecule has 1 saturated heterocycles. The summed E-state index contributed by atoms with van der Waals surface area (Å²) in [4.78, 5) is 1.81. The van der Waals surface area contributed by atoms with Crippen molar-refractivity contribution in [3.8, 4) is 12.3 Å². The van der Waals surface area contributed by atoms with Crippen molar-refractivity contribution in [2.24, 2.45) is 0 Å². The van der Waals surface area contributed by atoms with E-state index < -0.39 is 47.7 Å². The summed E-state index contributed by atoms with van der Waals surface area (Å²) in [5.74, 6) is 2.01. The first-order valence-corrected chi connectivity index (χ1v) is 9.89. The molecule has 0 amide bonds. The third-order valence-corrected chi connectivity index (χ3v) is 5.24. The van der Waals surface area contributed by atoms with Crippen molar-refractivity contribution < 1.29 is 40.2 Å². The molecule has 0 radical (unpaired) electrons. The first kappa shape index (κ1) is 25.0. The topological polar surface area (TPSA) is 21.7 Å². The third kappa shape index (κ3) is 6.05. The Kier molecular flexibility index (Phi) is 7.36. The van der Waals surface area contributed by atoms with Crippen LogP contribution in [0.3, 0.4) is 0 Å². The summed E-state index contributed by atoms with van der Waals surface area (Å²) in [7, 11) is 0. The highest BCUT2D eigenvalue weighted by molar-refractivity contribution is 5.34. The largest absolute Gasteiger partial charge is 0.416 e. The van der Waals surface area contributed by atoms with Crippen molar-refractivity contribution in [3.63, 3.8) is 0 Å². The van der Waals surface area contributed by atoms with E-state index in [0.29, 0.717) is 24.2 Å². The van der Waals surface area contributed by atoms with Crippen molar-refractivity contribution in [3.05, 3.63) is 70.5 Å². The molecule has 0 saturated carbocycles. The van der Waals surface area contributed by atoms with Crippen molar-refractivity contribution in [1.29, 1.82) is 0 Å². The molecule has 1 aliphatic heterocycles. The molecule has 0 N–H and O–H groups in total. The molecular formula is C23H20F7NO2. The standard InChI is InChI=1S/C23H20F7NO2/c1-3-8-31-9-10-32-21(20(31)15-4-6-19(24)7-5-15)33-14(2)16-11-17(22(25,26)27)13-18(12-16)23(28,29)30/h1,4-7,11-14,20-21H,8-10H2,2H3/t14?,20-,21+/m0/s1. The lowest BCUT2D eigenvalue weighted by Gasteiger charge is -2.41. The van der Waals surface area contributed by atoms with Crippen molar-refractivity contribution >= 4 is 0 Å². The van der Waals surface area contributed by atoms with Gasteiger partial charge in [0, 0.05) is 6.54 Å². The molecule has 1 fully saturated rings. The summed E-state index contributed by atoms with van der Waals surface area (Å²) >= 11 is 0. The van der Waals surface area contributed by atoms with Gasteiger partial charge in [-0.15, -0.1) is 6.42 Å². The third-order valence-electron chi connectivity index (χ3n) is 5.24. The molecule has 10 heteroatoms. The Balaban J connectivity index is 1.94. The van der Waals surface area contributed by atoms with Gasteiger partial charge in [0.25, 0.3) is 0 Å². The normalized spacial score (nSPS) is 20.9. The lowest BCUT2D eigenvalue weighted by Crippen LogP contribution is -2.46. The van der Waals surface area contributed by atoms with Gasteiger partial charge < -0.3 is 9.47 Å². The van der Waals surface area contributed by atoms with Crippen molar-refractivity contribution in [2.75, 3.05) is 19.7 Å². The lowest BCUT2D eigenvalue weighted by atomic mass is 10.0. The predicted octanol–water partition coefficient (Wildman–Crippen LogP) is 5.97. The Hall–Kier alpha value is -2.61. The fourth-order valence-corrected chi connectivity index (χ4v) is 3.62. The number of halogens is 7. The zero-order valence-electron chi connectivity index (χ0n) is 17.4. The lowest BCUT2D eigenvalue weighted by molar-refractivity contribution is -0.228. The van der Waals surface area contributed by atoms with Crippen molar-refractivity contribution in [2.45, 2.75) is 37.7 Å². The first-order chi connectivity index (χ1) is 15.4. The van der Waals surface area contributed by atoms with Gasteiger partial charge in [-0.05, 0) is 48.4 Å². The monoisotopic (exact) mass is 475 g/mol. The van der Waals surface area contributed by atoms with Crippen LogP contribution in [0.2, 0.25) is 0 Å². The Morgan fingerprint density at radius 3 is 2.15 bits per heavy atom. The molecule has 3 rings (SSSR count). The van der Waals surface area contributed by atoms with Crippen LogP contribution in [-0.4, -0.2) is 30.9 Å². The molecule has 3 nitrogen and oxygen atoms in total. The van der Waals surface area contributed by atoms with Crippen LogP contribution in [0.15, 0.2) is 42.5 Å². The number of benzene rings is 2. The van der Waals surface area contributed by atoms with E-state index in [1.807, 2.05) is 0 Å². The fraction of sp³-hybridized carbons (Fsp3) is 0.391. The average molecular weight is 475 g/mol. The Morgan fingerprint density at radius 1 is 1.06 bits per heavy atom. The van der Waals surface area contributed by atoms with Gasteiger partial charge in [0.2, 0.25) is 0 Å². The van der Waals surface area contributed by atoms with Crippen LogP contribution in [0.25, 0.3) is 0 Å². The minimum atomic E-state index is -4.97. The minimum Gasteiger partial charge on any atom is -0.349 e. The van der Waals surface area contributed by atoms with E-state index >= 15 is 0 Å². The molecule has 1 unspecified atom stereocenters. The second kappa shape index (κ2) is 9.71. The molecular weight excluding hydrogens is 455 g/mol. The molecule has 0 bridgehead atoms. The maximum atomic E-state index is 13.4. The number of ether oxygens (including phenoxy) is 2. The van der Waals surface area contributed by atoms with Gasteiger partial charge in [0.1, 0.15) is 5.82 Å². The Labute approximate surface area is 186 Å². The van der Waals surface area contributed by atoms with Crippen LogP contribution in [0.1, 0.15) is 41.3 Å². The van der Waals surface area contributed by atoms with E-state index in [1.54, 1.807) is 4.90 Å². The zero-order chi connectivity index (χ0) is 24.4. The summed E-state index contributed by atoms with van der Waals surface area (Å²) < 4.78 is 104. The van der Waals surface area contributed by atoms with Crippen molar-refractivity contribution in [1.82, 2.24) is 4.90 Å². The number of hydrogen-bond acceptors (Lipinski definition) is 3. The summed E-state index contributed by atoms with van der Waals surface area (Å²) in [5, 5.41) is 0. The van der Waals surface area contributed by atoms with Gasteiger partial charge in [0.05, 0.1) is 36.4 Å². The molecule has 0 spiro atoms. The molecule has 2 aromatic carbocycles. The van der Waals surface area contributed by atoms with Gasteiger partial charge >= 0.3 is 12.4 Å². The Morgan fingerprint density at radius 2 is 1.64 bits per heavy atom. The molecule has 3 atom stereocenters. The number of morpholine rings is 1. The van der Waals surface area contributed by atoms with Crippen LogP contribution < -0.4 is 0 Å². The Bertz CT molecular complexity index is 964. The maximum absolute atomic E-state index is 13.4. The van der Waals surface area contributed by atoms with E-state index in [1.165, 1.54) is 31.2 Å². The fourth-order valence-electron chi connectivity index (χ4n) is 3.62. The van der Waals surface area contributed by atoms with E-state index in [9.17, 15) is 30.7 Å². The van der Waals surface area contributed by atoms with Gasteiger partial charge in [-0.1, -0.05) is 18.1 Å². The van der Waals surface area contributed by atoms with Crippen LogP contribution in [-0.2, 0) is 21.8 Å². The summed E-state index contributed by atoms with van der Waals surface area (Å²) in [5.41, 5.74) is -2.61. The van der Waals surface area contributed by atoms with E-state index in [0.717, 1.165) is 0 Å². The summed E-state index contributed by atoms with van der Waals surface area (Å²) in [6.45, 7) is 2.09. The van der Waals surface area contributed by atoms with Crippen LogP contribution >= 0.6 is 0 Å². The average Bonchev–Trinajstić information content (AvgIpc) is 2.73. The van der Waals surface area contributed by atoms with Gasteiger partial charge in [-0.25, -0.2) is 4.39 Å². The van der Waals surface area contributed by atoms with Gasteiger partial charge in [-0.3, -0.25) is 4.90 Å². The molecule has 33 heavy (non-hydrogen) atoms. The molecule has 1 heterocycles. The van der Waals surface area contributed by atoms with Crippen LogP contribution in [0.4, 0.5) is 30.7 Å². The minimum absolute atomic E-state index is 0.0588. The molecule has 0 aliphatic carbocycles. The number of rotatable bonds is 5. The van der Waals surface area contributed by atoms with E-state index in [-0.39, 0.29) is 24.8 Å². The molecule has 178 valence electrons. The molecule has 0 aromatic heterocycles. The second-order valence-electron chi connectivity index (χ2n) is 7.53. The maximum Gasteiger partial charge on any atom is 0.416 e. The van der Waals surface area contributed by atoms with E-state index in [4.69, 9.17) is 15.9 Å². The smallest absolute Gasteiger partial charge is 0.349 e.